The van der Waals surface area contributed by atoms with Crippen molar-refractivity contribution in [3.05, 3.63) is 30.3 Å². The van der Waals surface area contributed by atoms with Crippen molar-refractivity contribution in [2.75, 3.05) is 11.4 Å². The minimum Gasteiger partial charge on any atom is -0.366 e. The Morgan fingerprint density at radius 3 is 2.67 bits per heavy atom. The summed E-state index contributed by atoms with van der Waals surface area (Å²) in [4.78, 5) is 2.63. The molecular formula is C14H19N. The predicted molar refractivity (Wildman–Crippen MR) is 64.1 cm³/mol. The second-order valence-electron chi connectivity index (χ2n) is 5.12. The van der Waals surface area contributed by atoms with Gasteiger partial charge in [-0.3, -0.25) is 0 Å². The van der Waals surface area contributed by atoms with Gasteiger partial charge in [-0.25, -0.2) is 0 Å². The molecule has 0 aromatic heterocycles. The fraction of sp³-hybridized carbons (Fsp3) is 0.571. The molecule has 0 bridgehead atoms. The van der Waals surface area contributed by atoms with Crippen LogP contribution in [0.25, 0.3) is 0 Å². The van der Waals surface area contributed by atoms with E-state index in [1.807, 2.05) is 0 Å². The van der Waals surface area contributed by atoms with E-state index < -0.39 is 0 Å². The number of piperidine rings is 1. The summed E-state index contributed by atoms with van der Waals surface area (Å²) < 4.78 is 0. The topological polar surface area (TPSA) is 3.24 Å². The zero-order valence-corrected chi connectivity index (χ0v) is 9.61. The molecule has 1 saturated carbocycles. The van der Waals surface area contributed by atoms with Crippen molar-refractivity contribution in [1.82, 2.24) is 0 Å². The normalized spacial score (nSPS) is 37.9. The average molecular weight is 201 g/mol. The number of hydrogen-bond acceptors (Lipinski definition) is 1. The van der Waals surface area contributed by atoms with E-state index in [1.54, 1.807) is 0 Å². The summed E-state index contributed by atoms with van der Waals surface area (Å²) in [5.74, 6) is 1.90. The minimum absolute atomic E-state index is 0.482. The van der Waals surface area contributed by atoms with Crippen molar-refractivity contribution in [3.8, 4) is 0 Å². The lowest BCUT2D eigenvalue weighted by atomic mass is 10.1. The highest BCUT2D eigenvalue weighted by Crippen LogP contribution is 2.62. The van der Waals surface area contributed by atoms with Crippen molar-refractivity contribution in [3.63, 3.8) is 0 Å². The maximum absolute atomic E-state index is 2.63. The Kier molecular flexibility index (Phi) is 1.86. The number of para-hydroxylation sites is 1. The number of hydrogen-bond donors (Lipinski definition) is 0. The maximum atomic E-state index is 2.63. The number of anilines is 1. The minimum atomic E-state index is 0.482. The summed E-state index contributed by atoms with van der Waals surface area (Å²) in [6.45, 7) is 6.03. The van der Waals surface area contributed by atoms with E-state index in [1.165, 1.54) is 25.1 Å². The Balaban J connectivity index is 1.90. The molecule has 1 heteroatoms. The fourth-order valence-corrected chi connectivity index (χ4v) is 3.80. The van der Waals surface area contributed by atoms with Gasteiger partial charge in [0.25, 0.3) is 0 Å². The highest BCUT2D eigenvalue weighted by molar-refractivity contribution is 5.54. The number of nitrogens with zero attached hydrogens (tertiary/aromatic N) is 1. The van der Waals surface area contributed by atoms with Crippen LogP contribution < -0.4 is 4.90 Å². The third kappa shape index (κ3) is 1.09. The van der Waals surface area contributed by atoms with Crippen LogP contribution in [0, 0.1) is 11.8 Å². The molecule has 1 aromatic carbocycles. The first-order chi connectivity index (χ1) is 7.28. The molecule has 1 aliphatic heterocycles. The average Bonchev–Trinajstić information content (AvgIpc) is 2.70. The lowest BCUT2D eigenvalue weighted by Crippen LogP contribution is -2.34. The number of fused-ring (bicyclic) bond motifs is 1. The molecule has 1 nitrogen and oxygen atoms in total. The predicted octanol–water partition coefficient (Wildman–Crippen LogP) is 3.31. The Morgan fingerprint density at radius 2 is 2.07 bits per heavy atom. The molecule has 2 fully saturated rings. The van der Waals surface area contributed by atoms with Gasteiger partial charge in [-0.15, -0.1) is 0 Å². The van der Waals surface area contributed by atoms with Gasteiger partial charge in [0.2, 0.25) is 0 Å². The van der Waals surface area contributed by atoms with Crippen molar-refractivity contribution in [2.45, 2.75) is 32.2 Å². The van der Waals surface area contributed by atoms with Crippen LogP contribution >= 0.6 is 0 Å². The van der Waals surface area contributed by atoms with Gasteiger partial charge in [-0.2, -0.15) is 0 Å². The third-order valence-corrected chi connectivity index (χ3v) is 4.63. The van der Waals surface area contributed by atoms with Crippen molar-refractivity contribution in [2.24, 2.45) is 11.8 Å². The van der Waals surface area contributed by atoms with E-state index in [-0.39, 0.29) is 0 Å². The molecule has 3 atom stereocenters. The van der Waals surface area contributed by atoms with Crippen LogP contribution in [0.2, 0.25) is 0 Å². The van der Waals surface area contributed by atoms with Crippen LogP contribution in [0.4, 0.5) is 5.69 Å². The molecule has 0 N–H and O–H groups in total. The molecule has 3 rings (SSSR count). The summed E-state index contributed by atoms with van der Waals surface area (Å²) in [5, 5.41) is 0. The highest BCUT2D eigenvalue weighted by Gasteiger charge is 2.66. The van der Waals surface area contributed by atoms with Crippen LogP contribution in [0.5, 0.6) is 0 Å². The van der Waals surface area contributed by atoms with Crippen LogP contribution in [0.15, 0.2) is 30.3 Å². The largest absolute Gasteiger partial charge is 0.366 e. The molecule has 0 amide bonds. The molecule has 80 valence electrons. The molecule has 2 aliphatic rings. The van der Waals surface area contributed by atoms with Gasteiger partial charge in [0.15, 0.2) is 0 Å². The SMILES string of the molecule is CC[C@@H]1[C@@H]2CCN(c3ccccc3)[C@]12C. The van der Waals surface area contributed by atoms with E-state index in [9.17, 15) is 0 Å². The quantitative estimate of drug-likeness (QED) is 0.709. The summed E-state index contributed by atoms with van der Waals surface area (Å²) in [5.41, 5.74) is 1.90. The first-order valence-electron chi connectivity index (χ1n) is 6.11. The molecule has 15 heavy (non-hydrogen) atoms. The molecular weight excluding hydrogens is 182 g/mol. The first kappa shape index (κ1) is 9.26. The zero-order valence-electron chi connectivity index (χ0n) is 9.61. The first-order valence-corrected chi connectivity index (χ1v) is 6.11. The Bertz CT molecular complexity index is 353. The fourth-order valence-electron chi connectivity index (χ4n) is 3.80. The van der Waals surface area contributed by atoms with Crippen molar-refractivity contribution < 1.29 is 0 Å². The van der Waals surface area contributed by atoms with E-state index in [4.69, 9.17) is 0 Å². The van der Waals surface area contributed by atoms with Gasteiger partial charge in [-0.1, -0.05) is 31.5 Å². The van der Waals surface area contributed by atoms with Crippen molar-refractivity contribution >= 4 is 5.69 Å². The second kappa shape index (κ2) is 3.01. The monoisotopic (exact) mass is 201 g/mol. The van der Waals surface area contributed by atoms with Gasteiger partial charge < -0.3 is 4.90 Å². The van der Waals surface area contributed by atoms with Crippen molar-refractivity contribution in [1.29, 1.82) is 0 Å². The van der Waals surface area contributed by atoms with E-state index in [0.29, 0.717) is 5.54 Å². The third-order valence-electron chi connectivity index (χ3n) is 4.63. The molecule has 1 heterocycles. The number of benzene rings is 1. The summed E-state index contributed by atoms with van der Waals surface area (Å²) >= 11 is 0. The van der Waals surface area contributed by atoms with E-state index in [2.05, 4.69) is 49.1 Å². The number of rotatable bonds is 2. The zero-order chi connectivity index (χ0) is 10.5. The second-order valence-corrected chi connectivity index (χ2v) is 5.12. The Labute approximate surface area is 92.1 Å². The Hall–Kier alpha value is -0.980. The lowest BCUT2D eigenvalue weighted by Gasteiger charge is -2.29. The molecule has 0 unspecified atom stereocenters. The van der Waals surface area contributed by atoms with E-state index in [0.717, 1.165) is 11.8 Å². The molecule has 1 aliphatic carbocycles. The molecule has 0 radical (unpaired) electrons. The Morgan fingerprint density at radius 1 is 1.33 bits per heavy atom. The van der Waals surface area contributed by atoms with Crippen LogP contribution in [0.1, 0.15) is 26.7 Å². The van der Waals surface area contributed by atoms with Gasteiger partial charge in [0.05, 0.1) is 0 Å². The summed E-state index contributed by atoms with van der Waals surface area (Å²) in [6, 6.07) is 10.9. The maximum Gasteiger partial charge on any atom is 0.0437 e. The van der Waals surface area contributed by atoms with Crippen LogP contribution in [0.3, 0.4) is 0 Å². The molecule has 1 saturated heterocycles. The smallest absolute Gasteiger partial charge is 0.0437 e. The van der Waals surface area contributed by atoms with Gasteiger partial charge in [0.1, 0.15) is 0 Å². The standard InChI is InChI=1S/C14H19N/c1-3-12-13-9-10-15(14(12,13)2)11-7-5-4-6-8-11/h4-8,12-13H,3,9-10H2,1-2H3/t12-,13+,14-/m1/s1. The lowest BCUT2D eigenvalue weighted by molar-refractivity contribution is 0.566. The van der Waals surface area contributed by atoms with Crippen LogP contribution in [-0.2, 0) is 0 Å². The van der Waals surface area contributed by atoms with Gasteiger partial charge in [-0.05, 0) is 37.3 Å². The van der Waals surface area contributed by atoms with E-state index >= 15 is 0 Å². The van der Waals surface area contributed by atoms with Gasteiger partial charge in [0, 0.05) is 17.8 Å². The highest BCUT2D eigenvalue weighted by atomic mass is 15.3. The summed E-state index contributed by atoms with van der Waals surface area (Å²) in [6.07, 6.45) is 2.73. The summed E-state index contributed by atoms with van der Waals surface area (Å²) in [7, 11) is 0. The molecule has 1 aromatic rings. The van der Waals surface area contributed by atoms with Gasteiger partial charge >= 0.3 is 0 Å². The van der Waals surface area contributed by atoms with Crippen LogP contribution in [-0.4, -0.2) is 12.1 Å². The molecule has 0 spiro atoms.